The molecule has 0 bridgehead atoms. The number of thiazole rings is 1. The summed E-state index contributed by atoms with van der Waals surface area (Å²) in [5.41, 5.74) is 0.961. The molecular formula is C28H23FN2O7S. The van der Waals surface area contributed by atoms with Gasteiger partial charge in [0.05, 0.1) is 50.3 Å². The number of Topliss-reactive ketones (excluding diaryl/α,β-unsaturated/α-hetero) is 1. The lowest BCUT2D eigenvalue weighted by molar-refractivity contribution is -0.132. The normalized spacial score (nSPS) is 16.5. The molecule has 1 atom stereocenters. The fourth-order valence-electron chi connectivity index (χ4n) is 4.49. The van der Waals surface area contributed by atoms with E-state index < -0.39 is 29.3 Å². The van der Waals surface area contributed by atoms with Crippen LogP contribution in [0, 0.1) is 5.82 Å². The lowest BCUT2D eigenvalue weighted by atomic mass is 9.94. The first-order valence-electron chi connectivity index (χ1n) is 11.6. The summed E-state index contributed by atoms with van der Waals surface area (Å²) in [7, 11) is 5.88. The maximum Gasteiger partial charge on any atom is 0.301 e. The second kappa shape index (κ2) is 10.3. The fourth-order valence-corrected chi connectivity index (χ4v) is 5.51. The number of carbonyl (C=O) groups is 2. The highest BCUT2D eigenvalue weighted by molar-refractivity contribution is 7.22. The summed E-state index contributed by atoms with van der Waals surface area (Å²) < 4.78 is 36.1. The minimum atomic E-state index is -1.12. The molecule has 4 aromatic rings. The number of amides is 1. The summed E-state index contributed by atoms with van der Waals surface area (Å²) in [5.74, 6) is -1.30. The van der Waals surface area contributed by atoms with Gasteiger partial charge in [0.1, 0.15) is 17.3 Å². The predicted octanol–water partition coefficient (Wildman–Crippen LogP) is 5.10. The Kier molecular flexibility index (Phi) is 6.83. The average molecular weight is 551 g/mol. The molecule has 2 heterocycles. The Morgan fingerprint density at radius 1 is 0.923 bits per heavy atom. The first-order valence-corrected chi connectivity index (χ1v) is 12.4. The van der Waals surface area contributed by atoms with Gasteiger partial charge in [0.2, 0.25) is 5.75 Å². The highest BCUT2D eigenvalue weighted by Gasteiger charge is 2.48. The second-order valence-electron chi connectivity index (χ2n) is 8.46. The maximum atomic E-state index is 13.6. The third-order valence-electron chi connectivity index (χ3n) is 6.36. The van der Waals surface area contributed by atoms with Crippen molar-refractivity contribution >= 4 is 44.1 Å². The number of ether oxygens (including phenoxy) is 4. The quantitative estimate of drug-likeness (QED) is 0.193. The highest BCUT2D eigenvalue weighted by atomic mass is 32.1. The molecule has 1 saturated heterocycles. The van der Waals surface area contributed by atoms with Crippen LogP contribution in [-0.2, 0) is 9.59 Å². The van der Waals surface area contributed by atoms with E-state index in [1.807, 2.05) is 0 Å². The zero-order valence-corrected chi connectivity index (χ0v) is 22.2. The Morgan fingerprint density at radius 2 is 1.59 bits per heavy atom. The van der Waals surface area contributed by atoms with Gasteiger partial charge in [-0.25, -0.2) is 9.37 Å². The summed E-state index contributed by atoms with van der Waals surface area (Å²) in [5, 5.41) is 11.5. The third kappa shape index (κ3) is 4.40. The van der Waals surface area contributed by atoms with Crippen molar-refractivity contribution in [2.24, 2.45) is 0 Å². The molecule has 1 aliphatic rings. The summed E-state index contributed by atoms with van der Waals surface area (Å²) in [6, 6.07) is 12.3. The van der Waals surface area contributed by atoms with Gasteiger partial charge >= 0.3 is 5.91 Å². The van der Waals surface area contributed by atoms with Crippen LogP contribution in [-0.4, -0.2) is 50.2 Å². The number of nitrogens with zero attached hydrogens (tertiary/aromatic N) is 2. The van der Waals surface area contributed by atoms with E-state index in [1.54, 1.807) is 37.4 Å². The number of hydrogen-bond acceptors (Lipinski definition) is 9. The Balaban J connectivity index is 1.77. The van der Waals surface area contributed by atoms with E-state index in [1.165, 1.54) is 49.7 Å². The average Bonchev–Trinajstić information content (AvgIpc) is 3.49. The molecule has 0 saturated carbocycles. The standard InChI is InChI=1S/C28H23FN2O7S/c1-35-17-9-10-18-21(13-17)39-28(30-18)31-23(15-11-19(36-2)26(38-4)20(12-15)37-3)22(25(33)27(31)34)24(32)14-5-7-16(29)8-6-14/h5-13,23,32H,1-4H3/b24-22+/t23-/m0/s1. The number of rotatable bonds is 7. The molecule has 0 spiro atoms. The Labute approximate surface area is 226 Å². The molecule has 0 unspecified atom stereocenters. The molecule has 0 aliphatic carbocycles. The van der Waals surface area contributed by atoms with Gasteiger partial charge in [-0.1, -0.05) is 11.3 Å². The van der Waals surface area contributed by atoms with Gasteiger partial charge in [0.15, 0.2) is 16.6 Å². The number of carbonyl (C=O) groups excluding carboxylic acids is 2. The van der Waals surface area contributed by atoms with Crippen LogP contribution in [0.1, 0.15) is 17.2 Å². The van der Waals surface area contributed by atoms with Crippen molar-refractivity contribution in [2.75, 3.05) is 33.3 Å². The van der Waals surface area contributed by atoms with Crippen molar-refractivity contribution in [1.29, 1.82) is 0 Å². The number of fused-ring (bicyclic) bond motifs is 1. The molecule has 1 fully saturated rings. The molecule has 200 valence electrons. The molecule has 1 aromatic heterocycles. The molecule has 39 heavy (non-hydrogen) atoms. The lowest BCUT2D eigenvalue weighted by Crippen LogP contribution is -2.29. The molecule has 0 radical (unpaired) electrons. The topological polar surface area (TPSA) is 107 Å². The van der Waals surface area contributed by atoms with Crippen LogP contribution in [0.4, 0.5) is 9.52 Å². The van der Waals surface area contributed by atoms with E-state index in [-0.39, 0.29) is 27.8 Å². The molecule has 11 heteroatoms. The van der Waals surface area contributed by atoms with Gasteiger partial charge in [0.25, 0.3) is 5.78 Å². The SMILES string of the molecule is COc1ccc2nc(N3C(=O)C(=O)/C(=C(/O)c4ccc(F)cc4)[C@@H]3c3cc(OC)c(OC)c(OC)c3)sc2c1. The first kappa shape index (κ1) is 26.0. The van der Waals surface area contributed by atoms with Crippen LogP contribution in [0.25, 0.3) is 16.0 Å². The summed E-state index contributed by atoms with van der Waals surface area (Å²) in [6.07, 6.45) is 0. The molecular weight excluding hydrogens is 527 g/mol. The number of aromatic nitrogens is 1. The molecule has 1 amide bonds. The van der Waals surface area contributed by atoms with Gasteiger partial charge in [-0.3, -0.25) is 14.5 Å². The van der Waals surface area contributed by atoms with Crippen LogP contribution in [0.5, 0.6) is 23.0 Å². The largest absolute Gasteiger partial charge is 0.507 e. The smallest absolute Gasteiger partial charge is 0.301 e. The van der Waals surface area contributed by atoms with Crippen molar-refractivity contribution in [3.05, 3.63) is 77.1 Å². The van der Waals surface area contributed by atoms with Crippen molar-refractivity contribution in [2.45, 2.75) is 6.04 Å². The second-order valence-corrected chi connectivity index (χ2v) is 9.47. The van der Waals surface area contributed by atoms with Crippen molar-refractivity contribution in [3.8, 4) is 23.0 Å². The van der Waals surface area contributed by atoms with Gasteiger partial charge < -0.3 is 24.1 Å². The van der Waals surface area contributed by atoms with Crippen LogP contribution < -0.4 is 23.8 Å². The molecule has 1 aliphatic heterocycles. The van der Waals surface area contributed by atoms with Gasteiger partial charge in [0, 0.05) is 5.56 Å². The minimum Gasteiger partial charge on any atom is -0.507 e. The van der Waals surface area contributed by atoms with Crippen LogP contribution >= 0.6 is 11.3 Å². The Hall–Kier alpha value is -4.64. The summed E-state index contributed by atoms with van der Waals surface area (Å²) >= 11 is 1.19. The Morgan fingerprint density at radius 3 is 2.18 bits per heavy atom. The van der Waals surface area contributed by atoms with E-state index >= 15 is 0 Å². The number of anilines is 1. The van der Waals surface area contributed by atoms with Crippen molar-refractivity contribution < 1.29 is 38.0 Å². The number of hydrogen-bond donors (Lipinski definition) is 1. The van der Waals surface area contributed by atoms with E-state index in [9.17, 15) is 19.1 Å². The number of aliphatic hydroxyl groups is 1. The van der Waals surface area contributed by atoms with Crippen LogP contribution in [0.15, 0.2) is 60.2 Å². The minimum absolute atomic E-state index is 0.167. The number of benzene rings is 3. The van der Waals surface area contributed by atoms with E-state index in [0.29, 0.717) is 22.6 Å². The van der Waals surface area contributed by atoms with E-state index in [4.69, 9.17) is 18.9 Å². The summed E-state index contributed by atoms with van der Waals surface area (Å²) in [6.45, 7) is 0. The zero-order chi connectivity index (χ0) is 27.8. The molecule has 3 aromatic carbocycles. The first-order chi connectivity index (χ1) is 18.8. The number of ketones is 1. The van der Waals surface area contributed by atoms with Crippen molar-refractivity contribution in [1.82, 2.24) is 4.98 Å². The maximum absolute atomic E-state index is 13.6. The number of halogens is 1. The summed E-state index contributed by atoms with van der Waals surface area (Å²) in [4.78, 5) is 32.9. The van der Waals surface area contributed by atoms with Gasteiger partial charge in [-0.05, 0) is 60.2 Å². The molecule has 9 nitrogen and oxygen atoms in total. The van der Waals surface area contributed by atoms with E-state index in [2.05, 4.69) is 4.98 Å². The van der Waals surface area contributed by atoms with E-state index in [0.717, 1.165) is 16.8 Å². The van der Waals surface area contributed by atoms with Crippen molar-refractivity contribution in [3.63, 3.8) is 0 Å². The van der Waals surface area contributed by atoms with Crippen LogP contribution in [0.2, 0.25) is 0 Å². The lowest BCUT2D eigenvalue weighted by Gasteiger charge is -2.24. The van der Waals surface area contributed by atoms with Gasteiger partial charge in [-0.2, -0.15) is 0 Å². The Bertz CT molecular complexity index is 1610. The number of methoxy groups -OCH3 is 4. The molecule has 1 N–H and O–H groups in total. The monoisotopic (exact) mass is 550 g/mol. The zero-order valence-electron chi connectivity index (χ0n) is 21.4. The third-order valence-corrected chi connectivity index (χ3v) is 7.37. The number of aliphatic hydroxyl groups excluding tert-OH is 1. The predicted molar refractivity (Wildman–Crippen MR) is 143 cm³/mol. The fraction of sp³-hybridized carbons (Fsp3) is 0.179. The molecule has 5 rings (SSSR count). The highest BCUT2D eigenvalue weighted by Crippen LogP contribution is 2.48. The van der Waals surface area contributed by atoms with Crippen LogP contribution in [0.3, 0.4) is 0 Å². The van der Waals surface area contributed by atoms with Gasteiger partial charge in [-0.15, -0.1) is 0 Å².